The van der Waals surface area contributed by atoms with Gasteiger partial charge >= 0.3 is 6.03 Å². The third-order valence-corrected chi connectivity index (χ3v) is 8.77. The molecule has 0 fully saturated rings. The first kappa shape index (κ1) is 33.5. The molecule has 0 aliphatic carbocycles. The lowest BCUT2D eigenvalue weighted by Gasteiger charge is -2.28. The normalized spacial score (nSPS) is 11.9. The molecule has 0 spiro atoms. The molecule has 0 aliphatic heterocycles. The summed E-state index contributed by atoms with van der Waals surface area (Å²) in [5, 5.41) is 11.0. The van der Waals surface area contributed by atoms with Gasteiger partial charge in [0.05, 0.1) is 24.2 Å². The molecule has 1 atom stereocenters. The lowest BCUT2D eigenvalue weighted by Crippen LogP contribution is -2.22. The lowest BCUT2D eigenvalue weighted by molar-refractivity contribution is 0.262. The number of unbranched alkanes of at least 4 members (excludes halogenated alkanes) is 1. The number of anilines is 4. The van der Waals surface area contributed by atoms with Crippen LogP contribution in [0.5, 0.6) is 17.2 Å². The van der Waals surface area contributed by atoms with Gasteiger partial charge in [-0.25, -0.2) is 9.78 Å². The van der Waals surface area contributed by atoms with Crippen LogP contribution in [-0.4, -0.2) is 28.6 Å². The summed E-state index contributed by atoms with van der Waals surface area (Å²) in [6, 6.07) is 28.5. The number of methoxy groups -OCH3 is 1. The van der Waals surface area contributed by atoms with Gasteiger partial charge < -0.3 is 25.4 Å². The number of nitrogens with zero attached hydrogens (tertiary/aromatic N) is 1. The van der Waals surface area contributed by atoms with Crippen molar-refractivity contribution in [2.24, 2.45) is 0 Å². The van der Waals surface area contributed by atoms with Crippen LogP contribution in [0.15, 0.2) is 97.2 Å². The van der Waals surface area contributed by atoms with Gasteiger partial charge in [-0.2, -0.15) is 0 Å². The first-order valence-corrected chi connectivity index (χ1v) is 17.5. The molecule has 5 rings (SSSR count). The maximum atomic E-state index is 13.5. The number of nitrogens with one attached hydrogen (secondary N) is 3. The number of rotatable bonds is 13. The van der Waals surface area contributed by atoms with Crippen LogP contribution in [0.1, 0.15) is 51.2 Å². The molecule has 8 nitrogen and oxygen atoms in total. The Morgan fingerprint density at radius 3 is 2.34 bits per heavy atom. The Kier molecular flexibility index (Phi) is 10.8. The van der Waals surface area contributed by atoms with E-state index in [-0.39, 0.29) is 5.41 Å². The van der Waals surface area contributed by atoms with Crippen LogP contribution in [0.25, 0.3) is 10.8 Å². The summed E-state index contributed by atoms with van der Waals surface area (Å²) in [6.07, 6.45) is 6.52. The van der Waals surface area contributed by atoms with Crippen molar-refractivity contribution in [2.45, 2.75) is 51.2 Å². The molecule has 0 aliphatic rings. The van der Waals surface area contributed by atoms with Crippen LogP contribution in [0, 0.1) is 0 Å². The molecular formula is C38H42N4O4S. The Labute approximate surface area is 279 Å². The van der Waals surface area contributed by atoms with Gasteiger partial charge in [0.2, 0.25) is 0 Å². The number of para-hydroxylation sites is 1. The van der Waals surface area contributed by atoms with E-state index in [0.29, 0.717) is 40.2 Å². The molecule has 0 saturated heterocycles. The van der Waals surface area contributed by atoms with Gasteiger partial charge in [0.25, 0.3) is 0 Å². The van der Waals surface area contributed by atoms with Crippen molar-refractivity contribution in [3.63, 3.8) is 0 Å². The highest BCUT2D eigenvalue weighted by atomic mass is 32.2. The van der Waals surface area contributed by atoms with Crippen LogP contribution < -0.4 is 25.4 Å². The molecule has 9 heteroatoms. The highest BCUT2D eigenvalue weighted by molar-refractivity contribution is 7.83. The maximum absolute atomic E-state index is 13.5. The quantitative estimate of drug-likeness (QED) is 0.117. The molecule has 1 unspecified atom stereocenters. The number of pyridine rings is 1. The number of hydrogen-bond acceptors (Lipinski definition) is 6. The van der Waals surface area contributed by atoms with Crippen molar-refractivity contribution in [2.75, 3.05) is 29.3 Å². The number of ether oxygens (including phenoxy) is 2. The number of aromatic nitrogens is 1. The van der Waals surface area contributed by atoms with Crippen LogP contribution in [0.2, 0.25) is 0 Å². The van der Waals surface area contributed by atoms with Gasteiger partial charge in [-0.05, 0) is 53.8 Å². The highest BCUT2D eigenvalue weighted by Gasteiger charge is 2.25. The topological polar surface area (TPSA) is 102 Å². The number of carbonyl (C=O) groups excluding carboxylic acids is 1. The van der Waals surface area contributed by atoms with E-state index in [0.717, 1.165) is 46.8 Å². The van der Waals surface area contributed by atoms with Crippen molar-refractivity contribution in [3.8, 4) is 17.2 Å². The molecule has 0 bridgehead atoms. The largest absolute Gasteiger partial charge is 0.494 e. The molecule has 1 aromatic heterocycles. The van der Waals surface area contributed by atoms with Crippen LogP contribution in [0.4, 0.5) is 27.7 Å². The molecule has 0 saturated carbocycles. The molecule has 244 valence electrons. The van der Waals surface area contributed by atoms with Crippen LogP contribution in [0.3, 0.4) is 0 Å². The summed E-state index contributed by atoms with van der Waals surface area (Å²) in [7, 11) is 0.475. The highest BCUT2D eigenvalue weighted by Crippen LogP contribution is 2.39. The summed E-state index contributed by atoms with van der Waals surface area (Å²) in [5.41, 5.74) is 3.81. The van der Waals surface area contributed by atoms with Crippen molar-refractivity contribution in [3.05, 3.63) is 108 Å². The fraction of sp³-hybridized carbons (Fsp3) is 0.263. The zero-order valence-electron chi connectivity index (χ0n) is 27.6. The Balaban J connectivity index is 1.40. The summed E-state index contributed by atoms with van der Waals surface area (Å²) >= 11 is 0. The second-order valence-corrected chi connectivity index (χ2v) is 13.6. The predicted molar refractivity (Wildman–Crippen MR) is 194 cm³/mol. The number of amides is 2. The fourth-order valence-electron chi connectivity index (χ4n) is 5.59. The number of benzene rings is 4. The summed E-state index contributed by atoms with van der Waals surface area (Å²) < 4.78 is 24.4. The van der Waals surface area contributed by atoms with Gasteiger partial charge in [-0.1, -0.05) is 82.1 Å². The Morgan fingerprint density at radius 1 is 0.894 bits per heavy atom. The van der Waals surface area contributed by atoms with E-state index in [1.54, 1.807) is 25.6 Å². The van der Waals surface area contributed by atoms with Crippen molar-refractivity contribution in [1.82, 2.24) is 4.98 Å². The zero-order valence-corrected chi connectivity index (χ0v) is 28.4. The number of urea groups is 1. The average molecular weight is 651 g/mol. The van der Waals surface area contributed by atoms with Crippen LogP contribution in [-0.2, 0) is 22.0 Å². The Hall–Kier alpha value is -4.89. The minimum atomic E-state index is -1.09. The van der Waals surface area contributed by atoms with Crippen LogP contribution >= 0.6 is 0 Å². The predicted octanol–water partition coefficient (Wildman–Crippen LogP) is 9.77. The summed E-state index contributed by atoms with van der Waals surface area (Å²) in [6.45, 7) is 6.57. The summed E-state index contributed by atoms with van der Waals surface area (Å²) in [5.74, 6) is 2.76. The third-order valence-electron chi connectivity index (χ3n) is 8.05. The summed E-state index contributed by atoms with van der Waals surface area (Å²) in [4.78, 5) is 18.0. The minimum absolute atomic E-state index is 0.140. The van der Waals surface area contributed by atoms with E-state index in [9.17, 15) is 9.00 Å². The standard InChI is InChI=1S/C38H42N4O4S/c1-6-7-20-38(2,3)27-22-26(25-47(5)44)36(45-4)33(23-27)42-37(43)41-32-17-18-34(31-16-12-11-15-30(31)32)46-29-19-21-39-35(24-29)40-28-13-9-8-10-14-28/h8-19,21-24H,6-7,20,25H2,1-5H3,(H,39,40)(H2,41,42,43). The SMILES string of the molecule is CCCCC(C)(C)c1cc(CS(C)=O)c(OC)c(NC(=O)Nc2ccc(Oc3ccnc(Nc4ccccc4)c3)c3ccccc23)c1. The van der Waals surface area contributed by atoms with E-state index in [1.165, 1.54) is 0 Å². The molecule has 1 heterocycles. The first-order valence-electron chi connectivity index (χ1n) is 15.7. The Bertz CT molecular complexity index is 1880. The van der Waals surface area contributed by atoms with Gasteiger partial charge in [0, 0.05) is 51.3 Å². The molecular weight excluding hydrogens is 609 g/mol. The molecule has 5 aromatic rings. The van der Waals surface area contributed by atoms with Gasteiger partial charge in [-0.15, -0.1) is 0 Å². The molecule has 2 amide bonds. The van der Waals surface area contributed by atoms with Gasteiger partial charge in [0.15, 0.2) is 0 Å². The molecule has 3 N–H and O–H groups in total. The first-order chi connectivity index (χ1) is 22.7. The number of carbonyl (C=O) groups is 1. The second-order valence-electron chi connectivity index (χ2n) is 12.1. The molecule has 47 heavy (non-hydrogen) atoms. The lowest BCUT2D eigenvalue weighted by atomic mass is 9.79. The fourth-order valence-corrected chi connectivity index (χ4v) is 6.24. The molecule has 0 radical (unpaired) electrons. The zero-order chi connectivity index (χ0) is 33.4. The molecule has 4 aromatic carbocycles. The van der Waals surface area contributed by atoms with E-state index in [1.807, 2.05) is 78.9 Å². The number of fused-ring (bicyclic) bond motifs is 1. The van der Waals surface area contributed by atoms with Crippen molar-refractivity contribution in [1.29, 1.82) is 0 Å². The Morgan fingerprint density at radius 2 is 1.62 bits per heavy atom. The van der Waals surface area contributed by atoms with E-state index in [2.05, 4.69) is 47.8 Å². The van der Waals surface area contributed by atoms with Crippen molar-refractivity contribution < 1.29 is 18.5 Å². The minimum Gasteiger partial charge on any atom is -0.494 e. The van der Waals surface area contributed by atoms with E-state index >= 15 is 0 Å². The number of hydrogen-bond donors (Lipinski definition) is 3. The third kappa shape index (κ3) is 8.48. The van der Waals surface area contributed by atoms with E-state index in [4.69, 9.17) is 9.47 Å². The van der Waals surface area contributed by atoms with E-state index < -0.39 is 16.8 Å². The smallest absolute Gasteiger partial charge is 0.323 e. The van der Waals surface area contributed by atoms with Gasteiger partial charge in [0.1, 0.15) is 23.1 Å². The maximum Gasteiger partial charge on any atom is 0.323 e. The monoisotopic (exact) mass is 650 g/mol. The second kappa shape index (κ2) is 15.1. The van der Waals surface area contributed by atoms with Gasteiger partial charge in [-0.3, -0.25) is 4.21 Å². The van der Waals surface area contributed by atoms with Crippen molar-refractivity contribution >= 4 is 50.5 Å². The average Bonchev–Trinajstić information content (AvgIpc) is 3.05.